The average Bonchev–Trinajstić information content (AvgIpc) is 3.22. The van der Waals surface area contributed by atoms with E-state index in [9.17, 15) is 14.7 Å². The van der Waals surface area contributed by atoms with Crippen molar-refractivity contribution in [1.82, 2.24) is 4.90 Å². The second kappa shape index (κ2) is 46.9. The van der Waals surface area contributed by atoms with E-state index in [1.54, 1.807) is 0 Å². The van der Waals surface area contributed by atoms with Crippen molar-refractivity contribution in [3.05, 3.63) is 0 Å². The molecule has 0 aliphatic heterocycles. The van der Waals surface area contributed by atoms with Gasteiger partial charge in [-0.05, 0) is 76.3 Å². The lowest BCUT2D eigenvalue weighted by atomic mass is 9.94. The summed E-state index contributed by atoms with van der Waals surface area (Å²) in [6.45, 7) is 13.0. The van der Waals surface area contributed by atoms with Crippen LogP contribution in [0.15, 0.2) is 0 Å². The summed E-state index contributed by atoms with van der Waals surface area (Å²) in [6, 6.07) is 0. The number of hydrogen-bond donors (Lipinski definition) is 1. The van der Waals surface area contributed by atoms with Gasteiger partial charge in [0.25, 0.3) is 0 Å². The molecule has 0 fully saturated rings. The predicted molar refractivity (Wildman–Crippen MR) is 251 cm³/mol. The standard InChI is InChI=1S/C52H103NO5/c1-5-9-13-17-20-22-25-31-39-49(37-29-16-12-8-4)47-57-51(55)41-33-27-35-43-53(45-46-54)44-36-28-34-42-52(56)58-48-50(38-30-24-19-15-11-7-3)40-32-26-23-21-18-14-10-6-2/h49-50,54H,5-48H2,1-4H3. The molecule has 0 saturated heterocycles. The average molecular weight is 822 g/mol. The monoisotopic (exact) mass is 822 g/mol. The van der Waals surface area contributed by atoms with E-state index in [-0.39, 0.29) is 18.5 Å². The van der Waals surface area contributed by atoms with E-state index in [1.165, 1.54) is 193 Å². The maximum Gasteiger partial charge on any atom is 0.305 e. The van der Waals surface area contributed by atoms with Crippen LogP contribution >= 0.6 is 0 Å². The van der Waals surface area contributed by atoms with Crippen molar-refractivity contribution in [3.63, 3.8) is 0 Å². The SMILES string of the molecule is CCCCCCCCCCC(CCCCCC)COC(=O)CCCCCN(CCO)CCCCCC(=O)OCC(CCCCCCCC)CCCCCCCCCC. The largest absolute Gasteiger partial charge is 0.465 e. The molecular formula is C52H103NO5. The van der Waals surface area contributed by atoms with E-state index in [4.69, 9.17) is 9.47 Å². The molecule has 0 radical (unpaired) electrons. The number of ether oxygens (including phenoxy) is 2. The molecule has 1 N–H and O–H groups in total. The van der Waals surface area contributed by atoms with Gasteiger partial charge in [-0.1, -0.05) is 207 Å². The number of carbonyl (C=O) groups excluding carboxylic acids is 2. The summed E-state index contributed by atoms with van der Waals surface area (Å²) in [5.41, 5.74) is 0. The van der Waals surface area contributed by atoms with Gasteiger partial charge < -0.3 is 19.5 Å². The van der Waals surface area contributed by atoms with Gasteiger partial charge in [-0.25, -0.2) is 0 Å². The number of aliphatic hydroxyl groups is 1. The predicted octanol–water partition coefficient (Wildman–Crippen LogP) is 15.5. The Morgan fingerprint density at radius 1 is 0.379 bits per heavy atom. The minimum Gasteiger partial charge on any atom is -0.465 e. The second-order valence-electron chi connectivity index (χ2n) is 18.2. The first-order chi connectivity index (χ1) is 28.5. The highest BCUT2D eigenvalue weighted by molar-refractivity contribution is 5.69. The third kappa shape index (κ3) is 41.6. The first-order valence-electron chi connectivity index (χ1n) is 26.1. The highest BCUT2D eigenvalue weighted by atomic mass is 16.5. The topological polar surface area (TPSA) is 76.1 Å². The minimum absolute atomic E-state index is 0.0272. The first kappa shape index (κ1) is 56.9. The first-order valence-corrected chi connectivity index (χ1v) is 26.1. The van der Waals surface area contributed by atoms with E-state index >= 15 is 0 Å². The molecule has 6 nitrogen and oxygen atoms in total. The maximum absolute atomic E-state index is 12.7. The number of esters is 2. The zero-order valence-electron chi connectivity index (χ0n) is 39.8. The Kier molecular flexibility index (Phi) is 46.0. The highest BCUT2D eigenvalue weighted by Gasteiger charge is 2.14. The lowest BCUT2D eigenvalue weighted by Crippen LogP contribution is -2.29. The molecule has 58 heavy (non-hydrogen) atoms. The summed E-state index contributed by atoms with van der Waals surface area (Å²) in [4.78, 5) is 27.7. The second-order valence-corrected chi connectivity index (χ2v) is 18.2. The zero-order chi connectivity index (χ0) is 42.4. The molecule has 346 valence electrons. The van der Waals surface area contributed by atoms with Gasteiger partial charge in [-0.2, -0.15) is 0 Å². The summed E-state index contributed by atoms with van der Waals surface area (Å²) in [6.07, 6.45) is 46.0. The van der Waals surface area contributed by atoms with Crippen LogP contribution in [0.25, 0.3) is 0 Å². The number of aliphatic hydroxyl groups excluding tert-OH is 1. The fourth-order valence-corrected chi connectivity index (χ4v) is 8.43. The molecular weight excluding hydrogens is 719 g/mol. The lowest BCUT2D eigenvalue weighted by Gasteiger charge is -2.21. The normalized spacial score (nSPS) is 12.7. The van der Waals surface area contributed by atoms with Crippen LogP contribution in [-0.2, 0) is 19.1 Å². The summed E-state index contributed by atoms with van der Waals surface area (Å²) in [5, 5.41) is 9.66. The summed E-state index contributed by atoms with van der Waals surface area (Å²) < 4.78 is 11.7. The van der Waals surface area contributed by atoms with Crippen molar-refractivity contribution in [3.8, 4) is 0 Å². The van der Waals surface area contributed by atoms with Gasteiger partial charge in [-0.15, -0.1) is 0 Å². The molecule has 0 aliphatic carbocycles. The van der Waals surface area contributed by atoms with Gasteiger partial charge in [0, 0.05) is 19.4 Å². The molecule has 0 aromatic heterocycles. The molecule has 0 spiro atoms. The number of unbranched alkanes of at least 4 members (excludes halogenated alkanes) is 26. The molecule has 0 bridgehead atoms. The fraction of sp³-hybridized carbons (Fsp3) is 0.962. The van der Waals surface area contributed by atoms with E-state index in [2.05, 4.69) is 32.6 Å². The van der Waals surface area contributed by atoms with E-state index < -0.39 is 0 Å². The summed E-state index contributed by atoms with van der Waals surface area (Å²) in [7, 11) is 0. The lowest BCUT2D eigenvalue weighted by molar-refractivity contribution is -0.146. The highest BCUT2D eigenvalue weighted by Crippen LogP contribution is 2.22. The smallest absolute Gasteiger partial charge is 0.305 e. The van der Waals surface area contributed by atoms with Crippen LogP contribution in [0.2, 0.25) is 0 Å². The molecule has 2 unspecified atom stereocenters. The summed E-state index contributed by atoms with van der Waals surface area (Å²) in [5.74, 6) is 0.970. The minimum atomic E-state index is -0.0305. The third-order valence-electron chi connectivity index (χ3n) is 12.5. The van der Waals surface area contributed by atoms with Crippen LogP contribution in [0, 0.1) is 11.8 Å². The molecule has 0 aromatic rings. The van der Waals surface area contributed by atoms with Gasteiger partial charge in [0.15, 0.2) is 0 Å². The Hall–Kier alpha value is -1.14. The van der Waals surface area contributed by atoms with Crippen molar-refractivity contribution >= 4 is 11.9 Å². The quantitative estimate of drug-likeness (QED) is 0.0487. The molecule has 2 atom stereocenters. The zero-order valence-corrected chi connectivity index (χ0v) is 39.8. The van der Waals surface area contributed by atoms with Crippen LogP contribution in [0.1, 0.15) is 272 Å². The number of hydrogen-bond acceptors (Lipinski definition) is 6. The van der Waals surface area contributed by atoms with Crippen molar-refractivity contribution < 1.29 is 24.2 Å². The Morgan fingerprint density at radius 3 is 0.966 bits per heavy atom. The molecule has 0 rings (SSSR count). The Balaban J connectivity index is 4.30. The molecule has 0 aromatic carbocycles. The number of carbonyl (C=O) groups is 2. The van der Waals surface area contributed by atoms with Crippen LogP contribution < -0.4 is 0 Å². The molecule has 0 heterocycles. The summed E-state index contributed by atoms with van der Waals surface area (Å²) >= 11 is 0. The number of nitrogens with zero attached hydrogens (tertiary/aromatic N) is 1. The van der Waals surface area contributed by atoms with E-state index in [1.807, 2.05) is 0 Å². The third-order valence-corrected chi connectivity index (χ3v) is 12.5. The van der Waals surface area contributed by atoms with Crippen LogP contribution in [0.5, 0.6) is 0 Å². The molecule has 0 amide bonds. The van der Waals surface area contributed by atoms with Gasteiger partial charge in [0.2, 0.25) is 0 Å². The van der Waals surface area contributed by atoms with Crippen LogP contribution in [0.4, 0.5) is 0 Å². The van der Waals surface area contributed by atoms with Crippen LogP contribution in [-0.4, -0.2) is 61.4 Å². The molecule has 0 aliphatic rings. The van der Waals surface area contributed by atoms with Gasteiger partial charge in [-0.3, -0.25) is 9.59 Å². The number of rotatable bonds is 48. The van der Waals surface area contributed by atoms with Crippen molar-refractivity contribution in [2.24, 2.45) is 11.8 Å². The van der Waals surface area contributed by atoms with Crippen molar-refractivity contribution in [1.29, 1.82) is 0 Å². The van der Waals surface area contributed by atoms with Gasteiger partial charge in [0.1, 0.15) is 0 Å². The van der Waals surface area contributed by atoms with Crippen molar-refractivity contribution in [2.75, 3.05) is 39.5 Å². The molecule has 0 saturated carbocycles. The Bertz CT molecular complexity index is 837. The Morgan fingerprint density at radius 2 is 0.655 bits per heavy atom. The molecule has 6 heteroatoms. The van der Waals surface area contributed by atoms with Crippen LogP contribution in [0.3, 0.4) is 0 Å². The van der Waals surface area contributed by atoms with Gasteiger partial charge in [0.05, 0.1) is 19.8 Å². The van der Waals surface area contributed by atoms with Crippen molar-refractivity contribution in [2.45, 2.75) is 272 Å². The maximum atomic E-state index is 12.7. The van der Waals surface area contributed by atoms with E-state index in [0.29, 0.717) is 44.4 Å². The fourth-order valence-electron chi connectivity index (χ4n) is 8.43. The van der Waals surface area contributed by atoms with Gasteiger partial charge >= 0.3 is 11.9 Å². The Labute approximate surface area is 362 Å². The van der Waals surface area contributed by atoms with E-state index in [0.717, 1.165) is 51.6 Å².